The van der Waals surface area contributed by atoms with Crippen molar-refractivity contribution in [3.05, 3.63) is 89.2 Å². The molecule has 1 saturated carbocycles. The summed E-state index contributed by atoms with van der Waals surface area (Å²) in [5, 5.41) is 7.50. The number of hydrogen-bond donors (Lipinski definition) is 4. The zero-order valence-electron chi connectivity index (χ0n) is 38.6. The first-order valence-electron chi connectivity index (χ1n) is 23.7. The van der Waals surface area contributed by atoms with Crippen LogP contribution in [0.4, 0.5) is 9.59 Å². The molecular weight excluding hydrogens is 833 g/mol. The topological polar surface area (TPSA) is 184 Å². The minimum absolute atomic E-state index is 0.0955. The van der Waals surface area contributed by atoms with E-state index in [0.717, 1.165) is 83.0 Å². The molecule has 4 amide bonds. The Labute approximate surface area is 386 Å². The first-order chi connectivity index (χ1) is 32.0. The van der Waals surface area contributed by atoms with Crippen LogP contribution in [0.1, 0.15) is 100 Å². The van der Waals surface area contributed by atoms with Crippen molar-refractivity contribution in [1.29, 1.82) is 0 Å². The van der Waals surface area contributed by atoms with Crippen molar-refractivity contribution in [2.75, 3.05) is 46.9 Å². The van der Waals surface area contributed by atoms with Crippen LogP contribution in [0.15, 0.2) is 71.7 Å². The van der Waals surface area contributed by atoms with Gasteiger partial charge in [-0.3, -0.25) is 14.6 Å². The Bertz CT molecular complexity index is 2700. The van der Waals surface area contributed by atoms with E-state index in [4.69, 9.17) is 20.4 Å². The molecule has 4 aromatic carbocycles. The average Bonchev–Trinajstić information content (AvgIpc) is 4.21. The van der Waals surface area contributed by atoms with E-state index in [0.29, 0.717) is 19.6 Å². The van der Waals surface area contributed by atoms with Crippen molar-refractivity contribution >= 4 is 51.5 Å². The van der Waals surface area contributed by atoms with Gasteiger partial charge in [0.05, 0.1) is 49.6 Å². The molecule has 4 aliphatic rings. The second kappa shape index (κ2) is 18.9. The SMILES string of the molecule is COC(=O)NCC(=O)N1CCCC1c1nc2ccc(-c3ccc(-c4ccc(C(CN)=NCC5CCCN5C(=O)C(NC(=O)OC)C(C)C)c5ccccc45)c4c3C3(CCCC3)CC4)cc2[nH]1. The van der Waals surface area contributed by atoms with E-state index in [-0.39, 0.29) is 48.3 Å². The average molecular weight is 895 g/mol. The summed E-state index contributed by atoms with van der Waals surface area (Å²) in [5.74, 6) is 0.385. The van der Waals surface area contributed by atoms with Gasteiger partial charge in [-0.1, -0.05) is 81.3 Å². The number of alkyl carbamates (subject to hydrolysis) is 2. The van der Waals surface area contributed by atoms with Crippen LogP contribution in [0.2, 0.25) is 0 Å². The van der Waals surface area contributed by atoms with Gasteiger partial charge >= 0.3 is 12.2 Å². The van der Waals surface area contributed by atoms with Gasteiger partial charge in [-0.25, -0.2) is 14.6 Å². The lowest BCUT2D eigenvalue weighted by Crippen LogP contribution is -2.53. The van der Waals surface area contributed by atoms with Gasteiger partial charge < -0.3 is 40.6 Å². The van der Waals surface area contributed by atoms with E-state index in [1.54, 1.807) is 4.90 Å². The van der Waals surface area contributed by atoms with Gasteiger partial charge in [-0.15, -0.1) is 0 Å². The van der Waals surface area contributed by atoms with Crippen LogP contribution < -0.4 is 16.4 Å². The number of nitrogens with one attached hydrogen (secondary N) is 3. The minimum atomic E-state index is -0.682. The Morgan fingerprint density at radius 1 is 0.864 bits per heavy atom. The number of fused-ring (bicyclic) bond motifs is 4. The number of benzene rings is 4. The van der Waals surface area contributed by atoms with Crippen molar-refractivity contribution in [2.24, 2.45) is 16.6 Å². The van der Waals surface area contributed by atoms with Crippen molar-refractivity contribution in [3.63, 3.8) is 0 Å². The van der Waals surface area contributed by atoms with Crippen LogP contribution in [0.3, 0.4) is 0 Å². The molecule has 3 fully saturated rings. The van der Waals surface area contributed by atoms with Gasteiger partial charge in [0.25, 0.3) is 0 Å². The lowest BCUT2D eigenvalue weighted by atomic mass is 9.76. The monoisotopic (exact) mass is 894 g/mol. The third kappa shape index (κ3) is 8.40. The summed E-state index contributed by atoms with van der Waals surface area (Å²) < 4.78 is 9.48. The van der Waals surface area contributed by atoms with E-state index in [9.17, 15) is 19.2 Å². The van der Waals surface area contributed by atoms with Crippen LogP contribution >= 0.6 is 0 Å². The summed E-state index contributed by atoms with van der Waals surface area (Å²) in [7, 11) is 2.59. The fourth-order valence-corrected chi connectivity index (χ4v) is 11.5. The number of nitrogens with zero attached hydrogens (tertiary/aromatic N) is 4. The lowest BCUT2D eigenvalue weighted by molar-refractivity contribution is -0.135. The standard InChI is InChI=1S/C52H62N8O6/c1-31(2)47(58-51(64)66-4)49(62)59-25-9-11-33(59)29-54-43(28-53)39-19-18-37(35-12-5-6-13-36(35)39)38-17-16-34(46-40(38)21-24-52(46)22-7-8-23-52)32-15-20-41-42(27-32)57-48(56-41)44-14-10-26-60(44)45(61)30-55-50(63)65-3/h5-6,12-13,15-20,27,31,33,44,47H,7-11,14,21-26,28-30,53H2,1-4H3,(H,55,63)(H,56,57)(H,58,64). The van der Waals surface area contributed by atoms with Gasteiger partial charge in [0.1, 0.15) is 18.4 Å². The van der Waals surface area contributed by atoms with E-state index >= 15 is 0 Å². The number of rotatable bonds is 12. The minimum Gasteiger partial charge on any atom is -0.453 e. The predicted octanol–water partition coefficient (Wildman–Crippen LogP) is 7.95. The van der Waals surface area contributed by atoms with Crippen LogP contribution in [-0.2, 0) is 30.9 Å². The number of imidazole rings is 1. The molecule has 3 unspecified atom stereocenters. The fourth-order valence-electron chi connectivity index (χ4n) is 11.5. The molecule has 14 nitrogen and oxygen atoms in total. The molecule has 9 rings (SSSR count). The normalized spacial score (nSPS) is 19.5. The Morgan fingerprint density at radius 3 is 2.35 bits per heavy atom. The zero-order valence-corrected chi connectivity index (χ0v) is 38.6. The van der Waals surface area contributed by atoms with Gasteiger partial charge in [-0.2, -0.15) is 0 Å². The smallest absolute Gasteiger partial charge is 0.407 e. The first-order valence-corrected chi connectivity index (χ1v) is 23.7. The summed E-state index contributed by atoms with van der Waals surface area (Å²) >= 11 is 0. The highest BCUT2D eigenvalue weighted by Gasteiger charge is 2.44. The van der Waals surface area contributed by atoms with E-state index in [2.05, 4.69) is 87.1 Å². The number of aliphatic imine (C=N–C) groups is 1. The Kier molecular flexibility index (Phi) is 12.9. The molecule has 0 radical (unpaired) electrons. The third-order valence-corrected chi connectivity index (χ3v) is 14.8. The summed E-state index contributed by atoms with van der Waals surface area (Å²) in [6.45, 7) is 5.62. The van der Waals surface area contributed by atoms with Gasteiger partial charge in [0, 0.05) is 25.2 Å². The molecule has 5 aromatic rings. The van der Waals surface area contributed by atoms with Crippen molar-refractivity contribution < 1.29 is 28.7 Å². The highest BCUT2D eigenvalue weighted by Crippen LogP contribution is 2.56. The van der Waals surface area contributed by atoms with Crippen molar-refractivity contribution in [1.82, 2.24) is 30.4 Å². The van der Waals surface area contributed by atoms with Crippen LogP contribution in [0, 0.1) is 5.92 Å². The molecule has 14 heteroatoms. The summed E-state index contributed by atoms with van der Waals surface area (Å²) in [6.07, 6.45) is 9.08. The van der Waals surface area contributed by atoms with E-state index < -0.39 is 18.2 Å². The van der Waals surface area contributed by atoms with Gasteiger partial charge in [0.2, 0.25) is 11.8 Å². The van der Waals surface area contributed by atoms with Crippen molar-refractivity contribution in [3.8, 4) is 22.3 Å². The molecule has 2 aliphatic carbocycles. The molecule has 66 heavy (non-hydrogen) atoms. The number of H-pyrrole nitrogens is 1. The second-order valence-corrected chi connectivity index (χ2v) is 18.8. The third-order valence-electron chi connectivity index (χ3n) is 14.8. The predicted molar refractivity (Wildman–Crippen MR) is 256 cm³/mol. The molecule has 2 aliphatic heterocycles. The number of nitrogens with two attached hydrogens (primary N) is 1. The molecule has 3 heterocycles. The second-order valence-electron chi connectivity index (χ2n) is 18.8. The van der Waals surface area contributed by atoms with Crippen LogP contribution in [-0.4, -0.2) is 109 Å². The lowest BCUT2D eigenvalue weighted by Gasteiger charge is -2.30. The number of carbonyl (C=O) groups excluding carboxylic acids is 4. The van der Waals surface area contributed by atoms with E-state index in [1.807, 2.05) is 18.7 Å². The first kappa shape index (κ1) is 44.9. The summed E-state index contributed by atoms with van der Waals surface area (Å²) in [5.41, 5.74) is 18.0. The Morgan fingerprint density at radius 2 is 1.59 bits per heavy atom. The highest BCUT2D eigenvalue weighted by molar-refractivity contribution is 6.15. The van der Waals surface area contributed by atoms with Crippen molar-refractivity contribution in [2.45, 2.75) is 102 Å². The molecule has 2 saturated heterocycles. The Hall–Kier alpha value is -6.28. The van der Waals surface area contributed by atoms with Crippen LogP contribution in [0.5, 0.6) is 0 Å². The molecule has 1 aromatic heterocycles. The molecule has 5 N–H and O–H groups in total. The van der Waals surface area contributed by atoms with Gasteiger partial charge in [-0.05, 0) is 119 Å². The molecule has 1 spiro atoms. The highest BCUT2D eigenvalue weighted by atomic mass is 16.5. The number of ether oxygens (including phenoxy) is 2. The Balaban J connectivity index is 1.03. The van der Waals surface area contributed by atoms with E-state index in [1.165, 1.54) is 67.7 Å². The largest absolute Gasteiger partial charge is 0.453 e. The fraction of sp³-hybridized carbons (Fsp3) is 0.462. The maximum Gasteiger partial charge on any atom is 0.407 e. The quantitative estimate of drug-likeness (QED) is 0.0910. The number of hydrogen-bond acceptors (Lipinski definition) is 9. The molecule has 346 valence electrons. The summed E-state index contributed by atoms with van der Waals surface area (Å²) in [6, 6.07) is 23.2. The number of aromatic nitrogens is 2. The van der Waals surface area contributed by atoms with Gasteiger partial charge in [0.15, 0.2) is 0 Å². The number of methoxy groups -OCH3 is 2. The zero-order chi connectivity index (χ0) is 46.1. The number of amides is 4. The van der Waals surface area contributed by atoms with Crippen LogP contribution in [0.25, 0.3) is 44.1 Å². The molecular formula is C52H62N8O6. The number of carbonyl (C=O) groups is 4. The number of likely N-dealkylation sites (tertiary alicyclic amines) is 2. The molecule has 3 atom stereocenters. The number of aromatic amines is 1. The maximum atomic E-state index is 13.8. The summed E-state index contributed by atoms with van der Waals surface area (Å²) in [4.78, 5) is 68.1. The molecule has 0 bridgehead atoms. The maximum absolute atomic E-state index is 13.8.